The molecule has 0 radical (unpaired) electrons. The van der Waals surface area contributed by atoms with Gasteiger partial charge < -0.3 is 0 Å². The van der Waals surface area contributed by atoms with Crippen LogP contribution in [0.5, 0.6) is 0 Å². The number of sulfonamides is 1. The van der Waals surface area contributed by atoms with Crippen molar-refractivity contribution in [3.63, 3.8) is 0 Å². The molecule has 0 saturated carbocycles. The summed E-state index contributed by atoms with van der Waals surface area (Å²) >= 11 is 11.6. The minimum atomic E-state index is -4.04. The van der Waals surface area contributed by atoms with Gasteiger partial charge in [-0.3, -0.25) is 10.2 Å². The fraction of sp³-hybridized carbons (Fsp3) is 0.133. The van der Waals surface area contributed by atoms with Crippen molar-refractivity contribution in [1.29, 1.82) is 0 Å². The molecule has 2 aromatic carbocycles. The number of amides is 1. The molecule has 0 heterocycles. The highest BCUT2D eigenvalue weighted by atomic mass is 35.5. The van der Waals surface area contributed by atoms with Gasteiger partial charge in [0.1, 0.15) is 4.90 Å². The minimum Gasteiger partial charge on any atom is -0.273 e. The fourth-order valence-corrected chi connectivity index (χ4v) is 3.59. The zero-order valence-electron chi connectivity index (χ0n) is 12.4. The Kier molecular flexibility index (Phi) is 5.31. The second kappa shape index (κ2) is 6.88. The molecule has 5 nitrogen and oxygen atoms in total. The molecule has 0 atom stereocenters. The van der Waals surface area contributed by atoms with Crippen LogP contribution in [0.1, 0.15) is 21.5 Å². The summed E-state index contributed by atoms with van der Waals surface area (Å²) in [6, 6.07) is 9.26. The lowest BCUT2D eigenvalue weighted by atomic mass is 10.1. The van der Waals surface area contributed by atoms with Gasteiger partial charge in [-0.15, -0.1) is 4.83 Å². The van der Waals surface area contributed by atoms with Crippen molar-refractivity contribution in [2.75, 3.05) is 0 Å². The van der Waals surface area contributed by atoms with Crippen molar-refractivity contribution < 1.29 is 13.2 Å². The van der Waals surface area contributed by atoms with Gasteiger partial charge in [0.15, 0.2) is 0 Å². The van der Waals surface area contributed by atoms with Crippen LogP contribution in [0.15, 0.2) is 41.3 Å². The average molecular weight is 373 g/mol. The van der Waals surface area contributed by atoms with E-state index in [1.165, 1.54) is 18.2 Å². The van der Waals surface area contributed by atoms with Gasteiger partial charge >= 0.3 is 0 Å². The number of carbonyl (C=O) groups excluding carboxylic acids is 1. The summed E-state index contributed by atoms with van der Waals surface area (Å²) < 4.78 is 24.4. The molecule has 23 heavy (non-hydrogen) atoms. The Morgan fingerprint density at radius 3 is 2.39 bits per heavy atom. The Labute approximate surface area is 144 Å². The lowest BCUT2D eigenvalue weighted by Gasteiger charge is -2.11. The third kappa shape index (κ3) is 4.23. The molecule has 1 amide bonds. The van der Waals surface area contributed by atoms with E-state index < -0.39 is 15.9 Å². The number of benzene rings is 2. The molecule has 0 saturated heterocycles. The molecule has 0 bridgehead atoms. The molecule has 0 aliphatic heterocycles. The van der Waals surface area contributed by atoms with Crippen LogP contribution in [0, 0.1) is 13.8 Å². The molecule has 0 aliphatic rings. The highest BCUT2D eigenvalue weighted by molar-refractivity contribution is 7.89. The van der Waals surface area contributed by atoms with Gasteiger partial charge in [0.2, 0.25) is 0 Å². The summed E-state index contributed by atoms with van der Waals surface area (Å²) in [6.45, 7) is 3.67. The number of nitrogens with one attached hydrogen (secondary N) is 2. The topological polar surface area (TPSA) is 75.3 Å². The number of carbonyl (C=O) groups is 1. The van der Waals surface area contributed by atoms with Crippen molar-refractivity contribution >= 4 is 39.1 Å². The monoisotopic (exact) mass is 372 g/mol. The Morgan fingerprint density at radius 1 is 1.04 bits per heavy atom. The molecule has 0 spiro atoms. The second-order valence-electron chi connectivity index (χ2n) is 4.95. The van der Waals surface area contributed by atoms with Crippen molar-refractivity contribution in [2.24, 2.45) is 0 Å². The van der Waals surface area contributed by atoms with Crippen molar-refractivity contribution in [1.82, 2.24) is 10.3 Å². The Morgan fingerprint density at radius 2 is 1.74 bits per heavy atom. The molecular formula is C15H14Cl2N2O3S. The SMILES string of the molecule is Cc1ccc(C(=O)NNS(=O)(=O)c2cc(Cl)ccc2Cl)c(C)c1. The van der Waals surface area contributed by atoms with Crippen LogP contribution < -0.4 is 10.3 Å². The maximum atomic E-state index is 12.2. The summed E-state index contributed by atoms with van der Waals surface area (Å²) in [7, 11) is -4.04. The van der Waals surface area contributed by atoms with E-state index in [9.17, 15) is 13.2 Å². The summed E-state index contributed by atoms with van der Waals surface area (Å²) in [5, 5.41) is 0.221. The van der Waals surface area contributed by atoms with Crippen LogP contribution in [-0.2, 0) is 10.0 Å². The van der Waals surface area contributed by atoms with E-state index in [2.05, 4.69) is 5.43 Å². The Hall–Kier alpha value is -1.60. The average Bonchev–Trinajstić information content (AvgIpc) is 2.47. The normalized spacial score (nSPS) is 11.3. The predicted molar refractivity (Wildman–Crippen MR) is 90.2 cm³/mol. The van der Waals surface area contributed by atoms with Crippen molar-refractivity contribution in [3.05, 3.63) is 63.1 Å². The van der Waals surface area contributed by atoms with Crippen molar-refractivity contribution in [3.8, 4) is 0 Å². The molecule has 122 valence electrons. The Balaban J connectivity index is 2.19. The summed E-state index contributed by atoms with van der Waals surface area (Å²) in [5.74, 6) is -0.566. The van der Waals surface area contributed by atoms with Gasteiger partial charge in [-0.25, -0.2) is 8.42 Å². The molecule has 2 rings (SSSR count). The third-order valence-electron chi connectivity index (χ3n) is 3.11. The number of hydrogen-bond acceptors (Lipinski definition) is 3. The standard InChI is InChI=1S/C15H14Cl2N2O3S/c1-9-3-5-12(10(2)7-9)15(20)18-19-23(21,22)14-8-11(16)4-6-13(14)17/h3-8,19H,1-2H3,(H,18,20). The summed E-state index contributed by atoms with van der Waals surface area (Å²) in [5.41, 5.74) is 4.28. The second-order valence-corrected chi connectivity index (χ2v) is 7.45. The first-order valence-corrected chi connectivity index (χ1v) is 8.79. The van der Waals surface area contributed by atoms with Crippen LogP contribution in [0.4, 0.5) is 0 Å². The molecule has 0 aliphatic carbocycles. The van der Waals surface area contributed by atoms with Gasteiger partial charge in [0.25, 0.3) is 15.9 Å². The molecule has 8 heteroatoms. The lowest BCUT2D eigenvalue weighted by molar-refractivity contribution is 0.0944. The Bertz CT molecular complexity index is 867. The fourth-order valence-electron chi connectivity index (χ4n) is 1.99. The van der Waals surface area contributed by atoms with Gasteiger partial charge in [-0.2, -0.15) is 0 Å². The molecule has 0 fully saturated rings. The summed E-state index contributed by atoms with van der Waals surface area (Å²) in [6.07, 6.45) is 0. The molecule has 0 aromatic heterocycles. The number of aryl methyl sites for hydroxylation is 2. The van der Waals surface area contributed by atoms with Crippen LogP contribution in [0.25, 0.3) is 0 Å². The molecule has 0 unspecified atom stereocenters. The maximum Gasteiger partial charge on any atom is 0.266 e. The molecule has 2 N–H and O–H groups in total. The first-order chi connectivity index (χ1) is 10.7. The van der Waals surface area contributed by atoms with E-state index in [-0.39, 0.29) is 14.9 Å². The maximum absolute atomic E-state index is 12.2. The van der Waals surface area contributed by atoms with E-state index >= 15 is 0 Å². The molecular weight excluding hydrogens is 359 g/mol. The van der Waals surface area contributed by atoms with Gasteiger partial charge in [0.05, 0.1) is 5.02 Å². The van der Waals surface area contributed by atoms with Crippen molar-refractivity contribution in [2.45, 2.75) is 18.7 Å². The predicted octanol–water partition coefficient (Wildman–Crippen LogP) is 3.23. The zero-order valence-corrected chi connectivity index (χ0v) is 14.7. The lowest BCUT2D eigenvalue weighted by Crippen LogP contribution is -2.41. The minimum absolute atomic E-state index is 0.00247. The smallest absolute Gasteiger partial charge is 0.266 e. The van der Waals surface area contributed by atoms with Crippen LogP contribution >= 0.6 is 23.2 Å². The number of halogens is 2. The van der Waals surface area contributed by atoms with E-state index in [0.29, 0.717) is 5.56 Å². The first kappa shape index (κ1) is 17.7. The number of hydrogen-bond donors (Lipinski definition) is 2. The third-order valence-corrected chi connectivity index (χ3v) is 5.07. The van der Waals surface area contributed by atoms with Crippen LogP contribution in [0.3, 0.4) is 0 Å². The summed E-state index contributed by atoms with van der Waals surface area (Å²) in [4.78, 5) is 13.9. The van der Waals surface area contributed by atoms with E-state index in [1.54, 1.807) is 19.1 Å². The first-order valence-electron chi connectivity index (χ1n) is 6.55. The highest BCUT2D eigenvalue weighted by Gasteiger charge is 2.20. The van der Waals surface area contributed by atoms with Gasteiger partial charge in [0, 0.05) is 10.6 Å². The number of hydrazine groups is 1. The quantitative estimate of drug-likeness (QED) is 0.808. The van der Waals surface area contributed by atoms with Gasteiger partial charge in [-0.05, 0) is 43.7 Å². The van der Waals surface area contributed by atoms with Gasteiger partial charge in [-0.1, -0.05) is 40.9 Å². The zero-order chi connectivity index (χ0) is 17.2. The molecule has 2 aromatic rings. The van der Waals surface area contributed by atoms with E-state index in [1.807, 2.05) is 17.8 Å². The number of rotatable bonds is 4. The van der Waals surface area contributed by atoms with Crippen LogP contribution in [0.2, 0.25) is 10.0 Å². The van der Waals surface area contributed by atoms with E-state index in [0.717, 1.165) is 11.1 Å². The van der Waals surface area contributed by atoms with E-state index in [4.69, 9.17) is 23.2 Å². The largest absolute Gasteiger partial charge is 0.273 e. The van der Waals surface area contributed by atoms with Crippen LogP contribution in [-0.4, -0.2) is 14.3 Å². The highest BCUT2D eigenvalue weighted by Crippen LogP contribution is 2.24.